The average molecular weight is 386 g/mol. The molecular weight excluding hydrogens is 371 g/mol. The molecule has 0 radical (unpaired) electrons. The molecule has 1 aliphatic heterocycles. The Morgan fingerprint density at radius 2 is 1.81 bits per heavy atom. The minimum Gasteiger partial charge on any atom is -0.465 e. The highest BCUT2D eigenvalue weighted by molar-refractivity contribution is 8.18. The van der Waals surface area contributed by atoms with Crippen molar-refractivity contribution in [1.29, 1.82) is 0 Å². The lowest BCUT2D eigenvalue weighted by Gasteiger charge is -2.14. The zero-order valence-electron chi connectivity index (χ0n) is 14.3. The second-order valence-corrected chi connectivity index (χ2v) is 6.56. The Kier molecular flexibility index (Phi) is 5.56. The molecular formula is C19H15FN2O4S. The number of carbonyl (C=O) groups is 3. The van der Waals surface area contributed by atoms with Crippen molar-refractivity contribution in [2.75, 3.05) is 19.1 Å². The summed E-state index contributed by atoms with van der Waals surface area (Å²) in [7, 11) is 1.30. The van der Waals surface area contributed by atoms with Gasteiger partial charge in [-0.2, -0.15) is 0 Å². The number of methoxy groups -OCH3 is 1. The molecule has 2 amide bonds. The summed E-state index contributed by atoms with van der Waals surface area (Å²) in [5.41, 5.74) is 1.67. The fourth-order valence-corrected chi connectivity index (χ4v) is 3.20. The highest BCUT2D eigenvalue weighted by Crippen LogP contribution is 2.32. The summed E-state index contributed by atoms with van der Waals surface area (Å²) in [6.07, 6.45) is 1.59. The predicted molar refractivity (Wildman–Crippen MR) is 100 cm³/mol. The molecule has 1 fully saturated rings. The number of anilines is 1. The molecule has 0 aromatic heterocycles. The number of thioether (sulfide) groups is 1. The SMILES string of the molecule is COC(=O)c1ccc(/C=C2/SC(=O)N(CNc3ccc(F)cc3)C2=O)cc1. The van der Waals surface area contributed by atoms with Gasteiger partial charge in [-0.1, -0.05) is 12.1 Å². The first kappa shape index (κ1) is 18.7. The van der Waals surface area contributed by atoms with Crippen LogP contribution in [0.1, 0.15) is 15.9 Å². The highest BCUT2D eigenvalue weighted by atomic mass is 32.2. The maximum absolute atomic E-state index is 12.9. The van der Waals surface area contributed by atoms with Gasteiger partial charge < -0.3 is 10.1 Å². The van der Waals surface area contributed by atoms with Gasteiger partial charge in [-0.25, -0.2) is 9.18 Å². The lowest BCUT2D eigenvalue weighted by atomic mass is 10.1. The van der Waals surface area contributed by atoms with Gasteiger partial charge in [0, 0.05) is 5.69 Å². The molecule has 1 aliphatic rings. The van der Waals surface area contributed by atoms with Crippen LogP contribution in [0.15, 0.2) is 53.4 Å². The topological polar surface area (TPSA) is 75.7 Å². The van der Waals surface area contributed by atoms with Crippen LogP contribution in [0.25, 0.3) is 6.08 Å². The molecule has 27 heavy (non-hydrogen) atoms. The number of benzene rings is 2. The number of hydrogen-bond donors (Lipinski definition) is 1. The number of amides is 2. The van der Waals surface area contributed by atoms with Gasteiger partial charge in [0.05, 0.1) is 24.2 Å². The standard InChI is InChI=1S/C19H15FN2O4S/c1-26-18(24)13-4-2-12(3-5-13)10-16-17(23)22(19(25)27-16)11-21-15-8-6-14(20)7-9-15/h2-10,21H,11H2,1H3/b16-10+. The quantitative estimate of drug-likeness (QED) is 0.624. The maximum atomic E-state index is 12.9. The van der Waals surface area contributed by atoms with Crippen LogP contribution in [0.5, 0.6) is 0 Å². The number of hydrogen-bond acceptors (Lipinski definition) is 6. The van der Waals surface area contributed by atoms with E-state index >= 15 is 0 Å². The number of halogens is 1. The number of nitrogens with zero attached hydrogens (tertiary/aromatic N) is 1. The molecule has 2 aromatic rings. The third-order valence-corrected chi connectivity index (χ3v) is 4.70. The minimum atomic E-state index is -0.450. The predicted octanol–water partition coefficient (Wildman–Crippen LogP) is 3.72. The minimum absolute atomic E-state index is 0.0189. The summed E-state index contributed by atoms with van der Waals surface area (Å²) in [4.78, 5) is 37.4. The van der Waals surface area contributed by atoms with Crippen molar-refractivity contribution in [3.8, 4) is 0 Å². The molecule has 2 aromatic carbocycles. The first-order valence-electron chi connectivity index (χ1n) is 7.91. The van der Waals surface area contributed by atoms with Gasteiger partial charge >= 0.3 is 5.97 Å². The monoisotopic (exact) mass is 386 g/mol. The maximum Gasteiger partial charge on any atom is 0.337 e. The molecule has 1 saturated heterocycles. The van der Waals surface area contributed by atoms with Gasteiger partial charge in [-0.15, -0.1) is 0 Å². The summed E-state index contributed by atoms with van der Waals surface area (Å²) < 4.78 is 17.5. The van der Waals surface area contributed by atoms with Crippen LogP contribution in [0, 0.1) is 5.82 Å². The largest absolute Gasteiger partial charge is 0.465 e. The Hall–Kier alpha value is -3.13. The van der Waals surface area contributed by atoms with E-state index in [9.17, 15) is 18.8 Å². The summed E-state index contributed by atoms with van der Waals surface area (Å²) >= 11 is 0.836. The van der Waals surface area contributed by atoms with E-state index in [-0.39, 0.29) is 17.4 Å². The van der Waals surface area contributed by atoms with E-state index in [1.807, 2.05) is 0 Å². The van der Waals surface area contributed by atoms with Gasteiger partial charge in [-0.05, 0) is 59.8 Å². The average Bonchev–Trinajstić information content (AvgIpc) is 2.94. The van der Waals surface area contributed by atoms with Crippen molar-refractivity contribution in [2.45, 2.75) is 0 Å². The first-order chi connectivity index (χ1) is 13.0. The van der Waals surface area contributed by atoms with E-state index in [1.54, 1.807) is 30.3 Å². The van der Waals surface area contributed by atoms with Crippen LogP contribution in [0.3, 0.4) is 0 Å². The fraction of sp³-hybridized carbons (Fsp3) is 0.105. The van der Waals surface area contributed by atoms with Crippen LogP contribution in [-0.4, -0.2) is 35.8 Å². The van der Waals surface area contributed by atoms with E-state index in [4.69, 9.17) is 0 Å². The Labute approximate surface area is 159 Å². The summed E-state index contributed by atoms with van der Waals surface area (Å²) in [6.45, 7) is -0.0189. The Bertz CT molecular complexity index is 910. The van der Waals surface area contributed by atoms with Crippen LogP contribution < -0.4 is 5.32 Å². The zero-order chi connectivity index (χ0) is 19.4. The van der Waals surface area contributed by atoms with Crippen molar-refractivity contribution >= 4 is 40.6 Å². The Morgan fingerprint density at radius 3 is 2.44 bits per heavy atom. The summed E-state index contributed by atoms with van der Waals surface area (Å²) in [6, 6.07) is 12.1. The van der Waals surface area contributed by atoms with Crippen molar-refractivity contribution in [3.63, 3.8) is 0 Å². The van der Waals surface area contributed by atoms with Crippen LogP contribution in [0.4, 0.5) is 14.9 Å². The molecule has 0 bridgehead atoms. The third-order valence-electron chi connectivity index (χ3n) is 3.79. The van der Waals surface area contributed by atoms with Crippen molar-refractivity contribution in [2.24, 2.45) is 0 Å². The smallest absolute Gasteiger partial charge is 0.337 e. The number of ether oxygens (including phenoxy) is 1. The molecule has 1 N–H and O–H groups in total. The van der Waals surface area contributed by atoms with Gasteiger partial charge in [0.1, 0.15) is 5.82 Å². The molecule has 0 unspecified atom stereocenters. The van der Waals surface area contributed by atoms with E-state index in [2.05, 4.69) is 10.1 Å². The number of nitrogens with one attached hydrogen (secondary N) is 1. The Balaban J connectivity index is 1.68. The number of carbonyl (C=O) groups excluding carboxylic acids is 3. The molecule has 0 aliphatic carbocycles. The first-order valence-corrected chi connectivity index (χ1v) is 8.73. The third kappa shape index (κ3) is 4.35. The number of esters is 1. The lowest BCUT2D eigenvalue weighted by molar-refractivity contribution is -0.122. The molecule has 6 nitrogen and oxygen atoms in total. The molecule has 1 heterocycles. The molecule has 0 saturated carbocycles. The van der Waals surface area contributed by atoms with Crippen LogP contribution >= 0.6 is 11.8 Å². The van der Waals surface area contributed by atoms with E-state index in [0.29, 0.717) is 16.8 Å². The van der Waals surface area contributed by atoms with Gasteiger partial charge in [-0.3, -0.25) is 14.5 Å². The van der Waals surface area contributed by atoms with Crippen molar-refractivity contribution in [3.05, 3.63) is 70.4 Å². The number of rotatable bonds is 5. The zero-order valence-corrected chi connectivity index (χ0v) is 15.1. The molecule has 0 atom stereocenters. The summed E-state index contributed by atoms with van der Waals surface area (Å²) in [5, 5.41) is 2.51. The molecule has 138 valence electrons. The van der Waals surface area contributed by atoms with E-state index in [0.717, 1.165) is 16.7 Å². The van der Waals surface area contributed by atoms with E-state index in [1.165, 1.54) is 31.4 Å². The summed E-state index contributed by atoms with van der Waals surface area (Å²) in [5.74, 6) is -1.24. The normalized spacial score (nSPS) is 15.3. The highest BCUT2D eigenvalue weighted by Gasteiger charge is 2.34. The van der Waals surface area contributed by atoms with Crippen molar-refractivity contribution in [1.82, 2.24) is 4.90 Å². The van der Waals surface area contributed by atoms with Gasteiger partial charge in [0.2, 0.25) is 0 Å². The fourth-order valence-electron chi connectivity index (χ4n) is 2.36. The number of imide groups is 1. The second kappa shape index (κ2) is 8.05. The second-order valence-electron chi connectivity index (χ2n) is 5.57. The molecule has 3 rings (SSSR count). The van der Waals surface area contributed by atoms with Crippen LogP contribution in [0.2, 0.25) is 0 Å². The van der Waals surface area contributed by atoms with Crippen molar-refractivity contribution < 1.29 is 23.5 Å². The lowest BCUT2D eigenvalue weighted by Crippen LogP contribution is -2.33. The molecule has 8 heteroatoms. The van der Waals surface area contributed by atoms with E-state index < -0.39 is 17.1 Å². The molecule has 0 spiro atoms. The Morgan fingerprint density at radius 1 is 1.15 bits per heavy atom. The van der Waals surface area contributed by atoms with Gasteiger partial charge in [0.25, 0.3) is 11.1 Å². The van der Waals surface area contributed by atoms with Gasteiger partial charge in [0.15, 0.2) is 0 Å². The van der Waals surface area contributed by atoms with Crippen LogP contribution in [-0.2, 0) is 9.53 Å².